The minimum Gasteiger partial charge on any atom is -0.493 e. The second-order valence-electron chi connectivity index (χ2n) is 4.66. The molecule has 0 aliphatic rings. The maximum absolute atomic E-state index is 5.77. The third-order valence-electron chi connectivity index (χ3n) is 3.02. The molecule has 0 amide bonds. The van der Waals surface area contributed by atoms with Crippen molar-refractivity contribution in [2.45, 2.75) is 19.4 Å². The molecule has 0 aromatic heterocycles. The fraction of sp³-hybridized carbons (Fsp3) is 0.600. The van der Waals surface area contributed by atoms with Crippen molar-refractivity contribution in [3.8, 4) is 5.75 Å². The van der Waals surface area contributed by atoms with Gasteiger partial charge in [0.2, 0.25) is 0 Å². The van der Waals surface area contributed by atoms with Crippen LogP contribution in [0.1, 0.15) is 18.4 Å². The van der Waals surface area contributed by atoms with E-state index in [1.54, 1.807) is 7.11 Å². The molecular formula is C15H26N2O2. The molecule has 0 heterocycles. The van der Waals surface area contributed by atoms with Gasteiger partial charge in [-0.15, -0.1) is 0 Å². The Kier molecular flexibility index (Phi) is 8.21. The van der Waals surface area contributed by atoms with E-state index in [4.69, 9.17) is 15.2 Å². The van der Waals surface area contributed by atoms with E-state index in [1.807, 2.05) is 24.3 Å². The van der Waals surface area contributed by atoms with E-state index in [-0.39, 0.29) is 0 Å². The van der Waals surface area contributed by atoms with Crippen LogP contribution in [0, 0.1) is 0 Å². The highest BCUT2D eigenvalue weighted by molar-refractivity contribution is 5.32. The molecule has 1 aromatic carbocycles. The standard InChI is InChI=1S/C15H26N2O2/c1-17(9-5-11-18-2)10-6-12-19-15-8-4-3-7-14(15)13-16/h3-4,7-8H,5-6,9-13,16H2,1-2H3. The number of hydrogen-bond acceptors (Lipinski definition) is 4. The second kappa shape index (κ2) is 9.78. The lowest BCUT2D eigenvalue weighted by molar-refractivity contribution is 0.176. The molecule has 0 saturated heterocycles. The van der Waals surface area contributed by atoms with Crippen LogP contribution in [-0.2, 0) is 11.3 Å². The molecule has 0 fully saturated rings. The monoisotopic (exact) mass is 266 g/mol. The summed E-state index contributed by atoms with van der Waals surface area (Å²) in [4.78, 5) is 2.30. The van der Waals surface area contributed by atoms with Gasteiger partial charge < -0.3 is 20.1 Å². The summed E-state index contributed by atoms with van der Waals surface area (Å²) in [6, 6.07) is 7.95. The number of benzene rings is 1. The predicted octanol–water partition coefficient (Wildman–Crippen LogP) is 1.88. The van der Waals surface area contributed by atoms with Gasteiger partial charge in [-0.3, -0.25) is 0 Å². The minimum absolute atomic E-state index is 0.521. The predicted molar refractivity (Wildman–Crippen MR) is 78.4 cm³/mol. The van der Waals surface area contributed by atoms with Crippen LogP contribution in [0.5, 0.6) is 5.75 Å². The average Bonchev–Trinajstić information content (AvgIpc) is 2.44. The number of ether oxygens (including phenoxy) is 2. The molecule has 4 heteroatoms. The summed E-state index contributed by atoms with van der Waals surface area (Å²) in [6.07, 6.45) is 2.09. The van der Waals surface area contributed by atoms with Crippen LogP contribution in [-0.4, -0.2) is 45.4 Å². The largest absolute Gasteiger partial charge is 0.493 e. The summed E-state index contributed by atoms with van der Waals surface area (Å²) < 4.78 is 10.8. The third-order valence-corrected chi connectivity index (χ3v) is 3.02. The summed E-state index contributed by atoms with van der Waals surface area (Å²) in [5.74, 6) is 0.909. The fourth-order valence-corrected chi connectivity index (χ4v) is 1.92. The summed E-state index contributed by atoms with van der Waals surface area (Å²) in [6.45, 7) is 4.17. The molecule has 0 saturated carbocycles. The van der Waals surface area contributed by atoms with E-state index in [0.717, 1.165) is 50.5 Å². The Morgan fingerprint density at radius 3 is 2.47 bits per heavy atom. The van der Waals surface area contributed by atoms with E-state index in [2.05, 4.69) is 11.9 Å². The van der Waals surface area contributed by atoms with Gasteiger partial charge in [0.25, 0.3) is 0 Å². The fourth-order valence-electron chi connectivity index (χ4n) is 1.92. The quantitative estimate of drug-likeness (QED) is 0.657. The van der Waals surface area contributed by atoms with Gasteiger partial charge in [0.05, 0.1) is 6.61 Å². The van der Waals surface area contributed by atoms with Crippen LogP contribution < -0.4 is 10.5 Å². The van der Waals surface area contributed by atoms with Crippen molar-refractivity contribution in [1.29, 1.82) is 0 Å². The van der Waals surface area contributed by atoms with E-state index in [9.17, 15) is 0 Å². The van der Waals surface area contributed by atoms with Crippen molar-refractivity contribution in [3.63, 3.8) is 0 Å². The number of hydrogen-bond donors (Lipinski definition) is 1. The van der Waals surface area contributed by atoms with Gasteiger partial charge in [-0.1, -0.05) is 18.2 Å². The average molecular weight is 266 g/mol. The van der Waals surface area contributed by atoms with Crippen LogP contribution in [0.25, 0.3) is 0 Å². The summed E-state index contributed by atoms with van der Waals surface area (Å²) in [5, 5.41) is 0. The molecule has 0 unspecified atom stereocenters. The number of nitrogens with two attached hydrogens (primary N) is 1. The van der Waals surface area contributed by atoms with Crippen LogP contribution in [0.4, 0.5) is 0 Å². The lowest BCUT2D eigenvalue weighted by atomic mass is 10.2. The highest BCUT2D eigenvalue weighted by atomic mass is 16.5. The lowest BCUT2D eigenvalue weighted by Gasteiger charge is -2.16. The molecule has 1 rings (SSSR count). The van der Waals surface area contributed by atoms with Gasteiger partial charge in [0.15, 0.2) is 0 Å². The first kappa shape index (κ1) is 16.0. The molecular weight excluding hydrogens is 240 g/mol. The van der Waals surface area contributed by atoms with Gasteiger partial charge in [-0.05, 0) is 26.0 Å². The van der Waals surface area contributed by atoms with E-state index in [1.165, 1.54) is 0 Å². The molecule has 0 radical (unpaired) electrons. The first-order chi connectivity index (χ1) is 9.27. The molecule has 4 nitrogen and oxygen atoms in total. The highest BCUT2D eigenvalue weighted by Crippen LogP contribution is 2.17. The summed E-state index contributed by atoms with van der Waals surface area (Å²) in [5.41, 5.74) is 6.74. The molecule has 0 bridgehead atoms. The van der Waals surface area contributed by atoms with Crippen LogP contribution in [0.2, 0.25) is 0 Å². The van der Waals surface area contributed by atoms with Crippen molar-refractivity contribution < 1.29 is 9.47 Å². The second-order valence-corrected chi connectivity index (χ2v) is 4.66. The van der Waals surface area contributed by atoms with Gasteiger partial charge in [-0.2, -0.15) is 0 Å². The third kappa shape index (κ3) is 6.57. The Morgan fingerprint density at radius 1 is 1.11 bits per heavy atom. The molecule has 0 atom stereocenters. The Hall–Kier alpha value is -1.10. The first-order valence-electron chi connectivity index (χ1n) is 6.86. The zero-order valence-corrected chi connectivity index (χ0v) is 12.1. The van der Waals surface area contributed by atoms with Crippen LogP contribution in [0.15, 0.2) is 24.3 Å². The Morgan fingerprint density at radius 2 is 1.79 bits per heavy atom. The van der Waals surface area contributed by atoms with Gasteiger partial charge in [0, 0.05) is 38.9 Å². The maximum atomic E-state index is 5.77. The van der Waals surface area contributed by atoms with Gasteiger partial charge in [0.1, 0.15) is 5.75 Å². The molecule has 0 aliphatic heterocycles. The summed E-state index contributed by atoms with van der Waals surface area (Å²) >= 11 is 0. The molecule has 1 aromatic rings. The maximum Gasteiger partial charge on any atom is 0.123 e. The SMILES string of the molecule is COCCCN(C)CCCOc1ccccc1CN. The molecule has 0 spiro atoms. The normalized spacial score (nSPS) is 10.9. The van der Waals surface area contributed by atoms with Gasteiger partial charge in [-0.25, -0.2) is 0 Å². The van der Waals surface area contributed by atoms with Crippen molar-refractivity contribution in [2.24, 2.45) is 5.73 Å². The van der Waals surface area contributed by atoms with Crippen LogP contribution in [0.3, 0.4) is 0 Å². The number of para-hydroxylation sites is 1. The van der Waals surface area contributed by atoms with E-state index < -0.39 is 0 Å². The van der Waals surface area contributed by atoms with Crippen molar-refractivity contribution in [2.75, 3.05) is 40.5 Å². The molecule has 0 aliphatic carbocycles. The topological polar surface area (TPSA) is 47.7 Å². The Bertz CT molecular complexity index is 345. The van der Waals surface area contributed by atoms with Crippen molar-refractivity contribution >= 4 is 0 Å². The van der Waals surface area contributed by atoms with Crippen molar-refractivity contribution in [3.05, 3.63) is 29.8 Å². The smallest absolute Gasteiger partial charge is 0.123 e. The number of rotatable bonds is 10. The van der Waals surface area contributed by atoms with E-state index >= 15 is 0 Å². The highest BCUT2D eigenvalue weighted by Gasteiger charge is 2.02. The van der Waals surface area contributed by atoms with E-state index in [0.29, 0.717) is 6.54 Å². The molecule has 108 valence electrons. The molecule has 2 N–H and O–H groups in total. The number of methoxy groups -OCH3 is 1. The zero-order valence-electron chi connectivity index (χ0n) is 12.1. The molecule has 19 heavy (non-hydrogen) atoms. The van der Waals surface area contributed by atoms with Gasteiger partial charge >= 0.3 is 0 Å². The Balaban J connectivity index is 2.16. The lowest BCUT2D eigenvalue weighted by Crippen LogP contribution is -2.23. The Labute approximate surface area is 116 Å². The summed E-state index contributed by atoms with van der Waals surface area (Å²) in [7, 11) is 3.87. The minimum atomic E-state index is 0.521. The van der Waals surface area contributed by atoms with Crippen molar-refractivity contribution in [1.82, 2.24) is 4.90 Å². The number of nitrogens with zero attached hydrogens (tertiary/aromatic N) is 1. The van der Waals surface area contributed by atoms with Crippen LogP contribution >= 0.6 is 0 Å². The zero-order chi connectivity index (χ0) is 13.9. The first-order valence-corrected chi connectivity index (χ1v) is 6.86.